The van der Waals surface area contributed by atoms with E-state index < -0.39 is 6.10 Å². The average Bonchev–Trinajstić information content (AvgIpc) is 2.15. The molecule has 2 nitrogen and oxygen atoms in total. The Labute approximate surface area is 98.9 Å². The molecule has 0 aliphatic rings. The van der Waals surface area contributed by atoms with Crippen LogP contribution in [0.15, 0.2) is 24.3 Å². The summed E-state index contributed by atoms with van der Waals surface area (Å²) in [6, 6.07) is 8.26. The molecule has 0 saturated carbocycles. The van der Waals surface area contributed by atoms with Crippen molar-refractivity contribution in [3.05, 3.63) is 35.4 Å². The molecule has 0 spiro atoms. The Balaban J connectivity index is 2.79. The Morgan fingerprint density at radius 1 is 1.12 bits per heavy atom. The topological polar surface area (TPSA) is 23.5 Å². The van der Waals surface area contributed by atoms with Gasteiger partial charge in [-0.25, -0.2) is 0 Å². The molecule has 0 fully saturated rings. The van der Waals surface area contributed by atoms with Crippen molar-refractivity contribution in [3.8, 4) is 0 Å². The number of aliphatic hydroxyl groups excluding tert-OH is 1. The largest absolute Gasteiger partial charge is 0.387 e. The Hall–Kier alpha value is -0.860. The van der Waals surface area contributed by atoms with Gasteiger partial charge in [0, 0.05) is 6.54 Å². The minimum absolute atomic E-state index is 0.172. The number of likely N-dealkylation sites (N-methyl/N-ethyl adjacent to an activating group) is 1. The molecule has 1 atom stereocenters. The third-order valence-electron chi connectivity index (χ3n) is 2.70. The molecule has 2 heteroatoms. The lowest BCUT2D eigenvalue weighted by atomic mass is 9.86. The first-order valence-electron chi connectivity index (χ1n) is 5.74. The van der Waals surface area contributed by atoms with Gasteiger partial charge in [0.05, 0.1) is 6.10 Å². The molecule has 1 aromatic carbocycles. The van der Waals surface area contributed by atoms with Crippen LogP contribution in [0.5, 0.6) is 0 Å². The molecule has 0 heterocycles. The van der Waals surface area contributed by atoms with E-state index in [1.54, 1.807) is 0 Å². The summed E-state index contributed by atoms with van der Waals surface area (Å²) < 4.78 is 0. The van der Waals surface area contributed by atoms with Gasteiger partial charge in [0.2, 0.25) is 0 Å². The Bertz CT molecular complexity index is 322. The van der Waals surface area contributed by atoms with E-state index in [4.69, 9.17) is 0 Å². The van der Waals surface area contributed by atoms with Gasteiger partial charge in [-0.2, -0.15) is 0 Å². The van der Waals surface area contributed by atoms with E-state index >= 15 is 0 Å². The highest BCUT2D eigenvalue weighted by Gasteiger charge is 2.14. The normalized spacial score (nSPS) is 14.2. The van der Waals surface area contributed by atoms with Crippen molar-refractivity contribution in [2.45, 2.75) is 32.3 Å². The molecule has 0 radical (unpaired) electrons. The van der Waals surface area contributed by atoms with Crippen molar-refractivity contribution in [2.24, 2.45) is 0 Å². The molecular formula is C14H23NO. The molecule has 90 valence electrons. The zero-order chi connectivity index (χ0) is 12.3. The van der Waals surface area contributed by atoms with Crippen molar-refractivity contribution in [1.29, 1.82) is 0 Å². The van der Waals surface area contributed by atoms with Gasteiger partial charge in [0.25, 0.3) is 0 Å². The molecule has 0 amide bonds. The van der Waals surface area contributed by atoms with E-state index in [1.807, 2.05) is 31.1 Å². The maximum atomic E-state index is 9.94. The van der Waals surface area contributed by atoms with Gasteiger partial charge in [-0.3, -0.25) is 0 Å². The Morgan fingerprint density at radius 3 is 2.00 bits per heavy atom. The van der Waals surface area contributed by atoms with E-state index in [9.17, 15) is 5.11 Å². The molecule has 1 unspecified atom stereocenters. The Morgan fingerprint density at radius 2 is 1.62 bits per heavy atom. The van der Waals surface area contributed by atoms with Gasteiger partial charge in [-0.05, 0) is 30.6 Å². The molecule has 16 heavy (non-hydrogen) atoms. The maximum Gasteiger partial charge on any atom is 0.0916 e. The molecule has 0 aromatic heterocycles. The fourth-order valence-electron chi connectivity index (χ4n) is 1.66. The maximum absolute atomic E-state index is 9.94. The number of aliphatic hydroxyl groups is 1. The summed E-state index contributed by atoms with van der Waals surface area (Å²) in [5, 5.41) is 9.94. The van der Waals surface area contributed by atoms with Crippen LogP contribution >= 0.6 is 0 Å². The zero-order valence-electron chi connectivity index (χ0n) is 11.0. The molecule has 1 rings (SSSR count). The van der Waals surface area contributed by atoms with Crippen LogP contribution in [-0.4, -0.2) is 30.6 Å². The smallest absolute Gasteiger partial charge is 0.0916 e. The van der Waals surface area contributed by atoms with Crippen LogP contribution in [0.2, 0.25) is 0 Å². The minimum atomic E-state index is -0.399. The molecular weight excluding hydrogens is 198 g/mol. The number of hydrogen-bond donors (Lipinski definition) is 1. The van der Waals surface area contributed by atoms with Crippen molar-refractivity contribution in [3.63, 3.8) is 0 Å². The number of benzene rings is 1. The SMILES string of the molecule is CN(C)CC(O)c1ccc(C(C)(C)C)cc1. The van der Waals surface area contributed by atoms with Crippen molar-refractivity contribution < 1.29 is 5.11 Å². The predicted octanol–water partition coefficient (Wildman–Crippen LogP) is 2.58. The van der Waals surface area contributed by atoms with Crippen molar-refractivity contribution in [1.82, 2.24) is 4.90 Å². The highest BCUT2D eigenvalue weighted by atomic mass is 16.3. The van der Waals surface area contributed by atoms with Crippen molar-refractivity contribution >= 4 is 0 Å². The summed E-state index contributed by atoms with van der Waals surface area (Å²) in [5.74, 6) is 0. The lowest BCUT2D eigenvalue weighted by Crippen LogP contribution is -2.20. The highest BCUT2D eigenvalue weighted by molar-refractivity contribution is 5.28. The second-order valence-electron chi connectivity index (χ2n) is 5.65. The highest BCUT2D eigenvalue weighted by Crippen LogP contribution is 2.24. The first kappa shape index (κ1) is 13.2. The minimum Gasteiger partial charge on any atom is -0.387 e. The van der Waals surface area contributed by atoms with Crippen LogP contribution in [0.4, 0.5) is 0 Å². The molecule has 0 aliphatic heterocycles. The first-order chi connectivity index (χ1) is 7.30. The number of rotatable bonds is 3. The van der Waals surface area contributed by atoms with Crippen LogP contribution in [0.1, 0.15) is 38.0 Å². The summed E-state index contributed by atoms with van der Waals surface area (Å²) in [6.45, 7) is 7.24. The van der Waals surface area contributed by atoms with Crippen LogP contribution < -0.4 is 0 Å². The van der Waals surface area contributed by atoms with E-state index in [0.29, 0.717) is 6.54 Å². The third-order valence-corrected chi connectivity index (χ3v) is 2.70. The number of hydrogen-bond acceptors (Lipinski definition) is 2. The predicted molar refractivity (Wildman–Crippen MR) is 68.7 cm³/mol. The molecule has 0 saturated heterocycles. The second-order valence-corrected chi connectivity index (χ2v) is 5.65. The monoisotopic (exact) mass is 221 g/mol. The summed E-state index contributed by atoms with van der Waals surface area (Å²) >= 11 is 0. The van der Waals surface area contributed by atoms with E-state index in [0.717, 1.165) is 5.56 Å². The van der Waals surface area contributed by atoms with Crippen LogP contribution in [-0.2, 0) is 5.41 Å². The van der Waals surface area contributed by atoms with Crippen LogP contribution in [0, 0.1) is 0 Å². The molecule has 0 aliphatic carbocycles. The zero-order valence-corrected chi connectivity index (χ0v) is 11.0. The molecule has 1 aromatic rings. The fraction of sp³-hybridized carbons (Fsp3) is 0.571. The lowest BCUT2D eigenvalue weighted by molar-refractivity contribution is 0.138. The third kappa shape index (κ3) is 3.62. The Kier molecular flexibility index (Phi) is 4.11. The molecule has 0 bridgehead atoms. The van der Waals surface area contributed by atoms with Gasteiger partial charge in [-0.15, -0.1) is 0 Å². The van der Waals surface area contributed by atoms with Gasteiger partial charge >= 0.3 is 0 Å². The second kappa shape index (κ2) is 4.98. The summed E-state index contributed by atoms with van der Waals surface area (Å²) in [5.41, 5.74) is 2.46. The van der Waals surface area contributed by atoms with Gasteiger partial charge < -0.3 is 10.0 Å². The molecule has 1 N–H and O–H groups in total. The summed E-state index contributed by atoms with van der Waals surface area (Å²) in [6.07, 6.45) is -0.399. The summed E-state index contributed by atoms with van der Waals surface area (Å²) in [4.78, 5) is 1.99. The standard InChI is InChI=1S/C14H23NO/c1-14(2,3)12-8-6-11(7-9-12)13(16)10-15(4)5/h6-9,13,16H,10H2,1-5H3. The fourth-order valence-corrected chi connectivity index (χ4v) is 1.66. The van der Waals surface area contributed by atoms with Gasteiger partial charge in [0.1, 0.15) is 0 Å². The first-order valence-corrected chi connectivity index (χ1v) is 5.74. The van der Waals surface area contributed by atoms with E-state index in [-0.39, 0.29) is 5.41 Å². The van der Waals surface area contributed by atoms with Crippen molar-refractivity contribution in [2.75, 3.05) is 20.6 Å². The van der Waals surface area contributed by atoms with E-state index in [2.05, 4.69) is 32.9 Å². The number of nitrogens with zero attached hydrogens (tertiary/aromatic N) is 1. The van der Waals surface area contributed by atoms with Gasteiger partial charge in [-0.1, -0.05) is 45.0 Å². The average molecular weight is 221 g/mol. The lowest BCUT2D eigenvalue weighted by Gasteiger charge is -2.21. The quantitative estimate of drug-likeness (QED) is 0.848. The van der Waals surface area contributed by atoms with E-state index in [1.165, 1.54) is 5.56 Å². The van der Waals surface area contributed by atoms with Crippen LogP contribution in [0.25, 0.3) is 0 Å². The van der Waals surface area contributed by atoms with Crippen LogP contribution in [0.3, 0.4) is 0 Å². The van der Waals surface area contributed by atoms with Gasteiger partial charge in [0.15, 0.2) is 0 Å². The summed E-state index contributed by atoms with van der Waals surface area (Å²) in [7, 11) is 3.93.